The van der Waals surface area contributed by atoms with Crippen LogP contribution in [0.1, 0.15) is 22.3 Å². The molecule has 0 aliphatic heterocycles. The Hall–Kier alpha value is -2.63. The fraction of sp³-hybridized carbons (Fsp3) is 0.182. The molecule has 158 valence electrons. The summed E-state index contributed by atoms with van der Waals surface area (Å²) in [6, 6.07) is 22.6. The van der Waals surface area contributed by atoms with E-state index in [2.05, 4.69) is 76.2 Å². The molecule has 0 bridgehead atoms. The van der Waals surface area contributed by atoms with Gasteiger partial charge < -0.3 is 24.9 Å². The molecule has 0 saturated carbocycles. The SMILES string of the molecule is Cc1ccccc1C.Cc1ccccc1C.O=P(O)(O)O.Oc1cccc(O)c1. The second-order valence-corrected chi connectivity index (χ2v) is 7.23. The molecule has 5 N–H and O–H groups in total. The molecule has 0 atom stereocenters. The Kier molecular flexibility index (Phi) is 12.3. The van der Waals surface area contributed by atoms with E-state index in [9.17, 15) is 0 Å². The number of phenols is 2. The summed E-state index contributed by atoms with van der Waals surface area (Å²) in [7, 11) is -4.64. The van der Waals surface area contributed by atoms with Crippen molar-refractivity contribution in [3.05, 3.63) is 95.1 Å². The van der Waals surface area contributed by atoms with E-state index in [0.29, 0.717) is 0 Å². The van der Waals surface area contributed by atoms with Crippen molar-refractivity contribution in [2.24, 2.45) is 0 Å². The number of hydrogen-bond donors (Lipinski definition) is 5. The Bertz CT molecular complexity index is 794. The molecular weight excluding hydrogens is 391 g/mol. The normalized spacial score (nSPS) is 9.62. The molecule has 0 aromatic heterocycles. The van der Waals surface area contributed by atoms with Gasteiger partial charge in [0.15, 0.2) is 0 Å². The van der Waals surface area contributed by atoms with Crippen LogP contribution in [0.3, 0.4) is 0 Å². The summed E-state index contributed by atoms with van der Waals surface area (Å²) in [5.74, 6) is 0.176. The molecule has 0 fully saturated rings. The molecule has 0 heterocycles. The molecule has 29 heavy (non-hydrogen) atoms. The topological polar surface area (TPSA) is 118 Å². The summed E-state index contributed by atoms with van der Waals surface area (Å²) >= 11 is 0. The van der Waals surface area contributed by atoms with Crippen LogP contribution in [-0.4, -0.2) is 24.9 Å². The number of phenolic OH excluding ortho intramolecular Hbond substituents is 2. The van der Waals surface area contributed by atoms with E-state index in [4.69, 9.17) is 29.5 Å². The summed E-state index contributed by atoms with van der Waals surface area (Å²) in [4.78, 5) is 21.6. The molecule has 0 aliphatic carbocycles. The third kappa shape index (κ3) is 16.1. The van der Waals surface area contributed by atoms with E-state index in [1.54, 1.807) is 6.07 Å². The molecule has 3 aromatic carbocycles. The molecule has 0 amide bonds. The lowest BCUT2D eigenvalue weighted by Gasteiger charge is -1.93. The maximum absolute atomic E-state index is 8.88. The average Bonchev–Trinajstić information content (AvgIpc) is 2.60. The Balaban J connectivity index is 0.000000367. The van der Waals surface area contributed by atoms with E-state index >= 15 is 0 Å². The Morgan fingerprint density at radius 3 is 0.931 bits per heavy atom. The highest BCUT2D eigenvalue weighted by Crippen LogP contribution is 2.25. The average molecular weight is 420 g/mol. The lowest BCUT2D eigenvalue weighted by molar-refractivity contribution is 0.275. The predicted molar refractivity (Wildman–Crippen MR) is 116 cm³/mol. The maximum Gasteiger partial charge on any atom is 0.466 e. The molecule has 0 aliphatic rings. The molecule has 7 heteroatoms. The zero-order chi connectivity index (χ0) is 22.4. The zero-order valence-electron chi connectivity index (χ0n) is 17.0. The van der Waals surface area contributed by atoms with Gasteiger partial charge in [0.25, 0.3) is 0 Å². The van der Waals surface area contributed by atoms with E-state index in [1.807, 2.05) is 0 Å². The van der Waals surface area contributed by atoms with Crippen LogP contribution in [0.25, 0.3) is 0 Å². The van der Waals surface area contributed by atoms with Gasteiger partial charge in [-0.1, -0.05) is 54.6 Å². The third-order valence-electron chi connectivity index (χ3n) is 3.68. The van der Waals surface area contributed by atoms with Gasteiger partial charge in [-0.3, -0.25) is 0 Å². The molecule has 3 rings (SSSR count). The fourth-order valence-corrected chi connectivity index (χ4v) is 1.82. The van der Waals surface area contributed by atoms with E-state index in [1.165, 1.54) is 40.5 Å². The van der Waals surface area contributed by atoms with Gasteiger partial charge in [0.1, 0.15) is 11.5 Å². The monoisotopic (exact) mass is 420 g/mol. The van der Waals surface area contributed by atoms with Crippen molar-refractivity contribution in [1.82, 2.24) is 0 Å². The van der Waals surface area contributed by atoms with Crippen molar-refractivity contribution in [2.75, 3.05) is 0 Å². The molecule has 0 spiro atoms. The van der Waals surface area contributed by atoms with Gasteiger partial charge in [-0.25, -0.2) is 4.57 Å². The molecular formula is C22H29O6P. The zero-order valence-corrected chi connectivity index (χ0v) is 17.9. The Morgan fingerprint density at radius 2 is 0.793 bits per heavy atom. The van der Waals surface area contributed by atoms with Gasteiger partial charge >= 0.3 is 7.82 Å². The standard InChI is InChI=1S/2C8H10.C6H6O2.H3O4P/c2*1-7-5-3-4-6-8(7)2;7-5-2-1-3-6(8)4-5;1-5(2,3)4/h2*3-6H,1-2H3;1-4,7-8H;(H3,1,2,3,4). The second kappa shape index (κ2) is 13.5. The first-order valence-electron chi connectivity index (χ1n) is 8.71. The minimum atomic E-state index is -4.64. The third-order valence-corrected chi connectivity index (χ3v) is 3.68. The molecule has 0 radical (unpaired) electrons. The summed E-state index contributed by atoms with van der Waals surface area (Å²) in [5, 5.41) is 17.3. The second-order valence-electron chi connectivity index (χ2n) is 6.20. The lowest BCUT2D eigenvalue weighted by atomic mass is 10.1. The van der Waals surface area contributed by atoms with Crippen molar-refractivity contribution < 1.29 is 29.5 Å². The van der Waals surface area contributed by atoms with Gasteiger partial charge in [-0.2, -0.15) is 0 Å². The van der Waals surface area contributed by atoms with E-state index < -0.39 is 7.82 Å². The summed E-state index contributed by atoms with van der Waals surface area (Å²) in [6.07, 6.45) is 0. The fourth-order valence-electron chi connectivity index (χ4n) is 1.82. The number of rotatable bonds is 0. The van der Waals surface area contributed by atoms with Crippen LogP contribution < -0.4 is 0 Å². The highest BCUT2D eigenvalue weighted by atomic mass is 31.2. The first-order valence-corrected chi connectivity index (χ1v) is 10.3. The van der Waals surface area contributed by atoms with Crippen LogP contribution >= 0.6 is 7.82 Å². The summed E-state index contributed by atoms with van der Waals surface area (Å²) in [6.45, 7) is 8.48. The largest absolute Gasteiger partial charge is 0.508 e. The minimum Gasteiger partial charge on any atom is -0.508 e. The predicted octanol–water partition coefficient (Wildman–Crippen LogP) is 4.78. The minimum absolute atomic E-state index is 0.0880. The smallest absolute Gasteiger partial charge is 0.466 e. The maximum atomic E-state index is 8.88. The van der Waals surface area contributed by atoms with Crippen LogP contribution in [0.5, 0.6) is 11.5 Å². The van der Waals surface area contributed by atoms with Crippen molar-refractivity contribution in [3.63, 3.8) is 0 Å². The molecule has 3 aromatic rings. The van der Waals surface area contributed by atoms with Crippen molar-refractivity contribution in [3.8, 4) is 11.5 Å². The van der Waals surface area contributed by atoms with Crippen molar-refractivity contribution >= 4 is 7.82 Å². The number of hydrogen-bond acceptors (Lipinski definition) is 3. The van der Waals surface area contributed by atoms with Gasteiger partial charge in [-0.15, -0.1) is 0 Å². The van der Waals surface area contributed by atoms with Crippen LogP contribution in [0.4, 0.5) is 0 Å². The van der Waals surface area contributed by atoms with Crippen molar-refractivity contribution in [1.29, 1.82) is 0 Å². The van der Waals surface area contributed by atoms with Crippen LogP contribution in [0.15, 0.2) is 72.8 Å². The van der Waals surface area contributed by atoms with Gasteiger partial charge in [0, 0.05) is 6.07 Å². The Labute approximate surface area is 172 Å². The van der Waals surface area contributed by atoms with Gasteiger partial charge in [0.2, 0.25) is 0 Å². The van der Waals surface area contributed by atoms with E-state index in [-0.39, 0.29) is 11.5 Å². The Morgan fingerprint density at radius 1 is 0.552 bits per heavy atom. The van der Waals surface area contributed by atoms with Gasteiger partial charge in [-0.05, 0) is 62.1 Å². The van der Waals surface area contributed by atoms with E-state index in [0.717, 1.165) is 0 Å². The number of aryl methyl sites for hydroxylation is 4. The highest BCUT2D eigenvalue weighted by Gasteiger charge is 2.00. The first-order chi connectivity index (χ1) is 13.4. The number of aromatic hydroxyl groups is 2. The van der Waals surface area contributed by atoms with Crippen LogP contribution in [-0.2, 0) is 4.57 Å². The first kappa shape index (κ1) is 26.4. The summed E-state index contributed by atoms with van der Waals surface area (Å²) in [5.41, 5.74) is 5.47. The van der Waals surface area contributed by atoms with Crippen LogP contribution in [0.2, 0.25) is 0 Å². The number of phosphoric acid groups is 1. The molecule has 0 unspecified atom stereocenters. The quantitative estimate of drug-likeness (QED) is 0.334. The molecule has 0 saturated heterocycles. The molecule has 6 nitrogen and oxygen atoms in total. The van der Waals surface area contributed by atoms with Gasteiger partial charge in [0.05, 0.1) is 0 Å². The van der Waals surface area contributed by atoms with Crippen molar-refractivity contribution in [2.45, 2.75) is 27.7 Å². The number of benzene rings is 3. The summed E-state index contributed by atoms with van der Waals surface area (Å²) < 4.78 is 8.88. The lowest BCUT2D eigenvalue weighted by Crippen LogP contribution is -1.74. The highest BCUT2D eigenvalue weighted by molar-refractivity contribution is 7.45. The van der Waals surface area contributed by atoms with Crippen LogP contribution in [0, 0.1) is 27.7 Å².